The Hall–Kier alpha value is -0.600. The lowest BCUT2D eigenvalue weighted by atomic mass is 9.98. The summed E-state index contributed by atoms with van der Waals surface area (Å²) in [6, 6.07) is 0. The minimum absolute atomic E-state index is 0.162. The maximum atomic E-state index is 9.70. The van der Waals surface area contributed by atoms with E-state index >= 15 is 0 Å². The van der Waals surface area contributed by atoms with Crippen LogP contribution in [0, 0.1) is 5.92 Å². The maximum Gasteiger partial charge on any atom is 0.0729 e. The zero-order valence-corrected chi connectivity index (χ0v) is 8.66. The average molecular weight is 183 g/mol. The van der Waals surface area contributed by atoms with Gasteiger partial charge in [-0.3, -0.25) is 0 Å². The second-order valence-corrected chi connectivity index (χ2v) is 3.08. The largest absolute Gasteiger partial charge is 0.391 e. The first-order valence-electron chi connectivity index (χ1n) is 4.88. The Bertz CT molecular complexity index is 154. The summed E-state index contributed by atoms with van der Waals surface area (Å²) in [6.45, 7) is 9.27. The highest BCUT2D eigenvalue weighted by Gasteiger charge is 2.13. The van der Waals surface area contributed by atoms with Crippen LogP contribution >= 0.6 is 0 Å². The molecule has 1 unspecified atom stereocenters. The number of likely N-dealkylation sites (N-methyl/N-ethyl adjacent to an activating group) is 1. The fraction of sp³-hybridized carbons (Fsp3) is 0.636. The van der Waals surface area contributed by atoms with Gasteiger partial charge in [0.05, 0.1) is 6.10 Å². The Morgan fingerprint density at radius 3 is 2.69 bits per heavy atom. The third-order valence-corrected chi connectivity index (χ3v) is 2.04. The van der Waals surface area contributed by atoms with Crippen molar-refractivity contribution in [3.8, 4) is 0 Å². The molecule has 13 heavy (non-hydrogen) atoms. The Morgan fingerprint density at radius 2 is 2.23 bits per heavy atom. The number of nitrogens with one attached hydrogen (secondary N) is 1. The van der Waals surface area contributed by atoms with Crippen molar-refractivity contribution >= 4 is 0 Å². The van der Waals surface area contributed by atoms with Crippen LogP contribution in [0.1, 0.15) is 20.3 Å². The molecule has 0 saturated carbocycles. The standard InChI is InChI=1S/C11H21NO/c1-4-7-8-10(5-2)11(13)9-12-6-3/h4-5,7,10-13H,2,6,8-9H2,1,3H3/b7-4-/t10?,11-/m0/s1. The van der Waals surface area contributed by atoms with E-state index in [1.807, 2.05) is 26.0 Å². The molecule has 2 nitrogen and oxygen atoms in total. The number of hydrogen-bond donors (Lipinski definition) is 2. The second-order valence-electron chi connectivity index (χ2n) is 3.08. The minimum atomic E-state index is -0.325. The van der Waals surface area contributed by atoms with E-state index in [-0.39, 0.29) is 12.0 Å². The number of aliphatic hydroxyl groups excluding tert-OH is 1. The van der Waals surface area contributed by atoms with Crippen molar-refractivity contribution in [3.05, 3.63) is 24.8 Å². The molecular weight excluding hydrogens is 162 g/mol. The summed E-state index contributed by atoms with van der Waals surface area (Å²) in [5.41, 5.74) is 0. The van der Waals surface area contributed by atoms with E-state index in [0.717, 1.165) is 13.0 Å². The highest BCUT2D eigenvalue weighted by Crippen LogP contribution is 2.10. The molecule has 0 saturated heterocycles. The summed E-state index contributed by atoms with van der Waals surface area (Å²) >= 11 is 0. The molecule has 0 aliphatic heterocycles. The van der Waals surface area contributed by atoms with Crippen LogP contribution in [0.4, 0.5) is 0 Å². The van der Waals surface area contributed by atoms with Crippen LogP contribution in [-0.4, -0.2) is 24.3 Å². The molecule has 0 fully saturated rings. The van der Waals surface area contributed by atoms with E-state index in [9.17, 15) is 5.11 Å². The molecule has 0 aromatic carbocycles. The Kier molecular flexibility index (Phi) is 7.65. The Balaban J connectivity index is 3.83. The summed E-state index contributed by atoms with van der Waals surface area (Å²) < 4.78 is 0. The lowest BCUT2D eigenvalue weighted by molar-refractivity contribution is 0.130. The van der Waals surface area contributed by atoms with Gasteiger partial charge in [-0.1, -0.05) is 25.2 Å². The highest BCUT2D eigenvalue weighted by atomic mass is 16.3. The number of aliphatic hydroxyl groups is 1. The van der Waals surface area contributed by atoms with Gasteiger partial charge in [0.2, 0.25) is 0 Å². The second kappa shape index (κ2) is 8.02. The minimum Gasteiger partial charge on any atom is -0.391 e. The van der Waals surface area contributed by atoms with Crippen molar-refractivity contribution < 1.29 is 5.11 Å². The Labute approximate surface area is 81.4 Å². The van der Waals surface area contributed by atoms with Crippen LogP contribution < -0.4 is 5.32 Å². The first-order valence-corrected chi connectivity index (χ1v) is 4.88. The molecular formula is C11H21NO. The van der Waals surface area contributed by atoms with Crippen LogP contribution in [0.3, 0.4) is 0 Å². The van der Waals surface area contributed by atoms with Gasteiger partial charge in [0, 0.05) is 12.5 Å². The van der Waals surface area contributed by atoms with E-state index in [1.165, 1.54) is 0 Å². The van der Waals surface area contributed by atoms with Crippen molar-refractivity contribution in [3.63, 3.8) is 0 Å². The molecule has 0 aromatic heterocycles. The van der Waals surface area contributed by atoms with Crippen LogP contribution in [-0.2, 0) is 0 Å². The normalized spacial score (nSPS) is 15.9. The van der Waals surface area contributed by atoms with Gasteiger partial charge in [-0.2, -0.15) is 0 Å². The fourth-order valence-electron chi connectivity index (χ4n) is 1.15. The van der Waals surface area contributed by atoms with E-state index in [2.05, 4.69) is 18.0 Å². The van der Waals surface area contributed by atoms with E-state index in [1.54, 1.807) is 0 Å². The molecule has 0 rings (SSSR count). The molecule has 76 valence electrons. The maximum absolute atomic E-state index is 9.70. The van der Waals surface area contributed by atoms with Gasteiger partial charge < -0.3 is 10.4 Å². The van der Waals surface area contributed by atoms with E-state index in [4.69, 9.17) is 0 Å². The van der Waals surface area contributed by atoms with E-state index in [0.29, 0.717) is 6.54 Å². The topological polar surface area (TPSA) is 32.3 Å². The molecule has 0 aliphatic rings. The quantitative estimate of drug-likeness (QED) is 0.589. The molecule has 0 radical (unpaired) electrons. The van der Waals surface area contributed by atoms with Gasteiger partial charge in [-0.25, -0.2) is 0 Å². The molecule has 0 aliphatic carbocycles. The predicted molar refractivity (Wildman–Crippen MR) is 57.7 cm³/mol. The summed E-state index contributed by atoms with van der Waals surface area (Å²) in [5, 5.41) is 12.8. The number of allylic oxidation sites excluding steroid dienone is 2. The number of rotatable bonds is 7. The molecule has 0 bridgehead atoms. The van der Waals surface area contributed by atoms with Crippen LogP contribution in [0.2, 0.25) is 0 Å². The van der Waals surface area contributed by atoms with Gasteiger partial charge in [0.15, 0.2) is 0 Å². The monoisotopic (exact) mass is 183 g/mol. The third-order valence-electron chi connectivity index (χ3n) is 2.04. The molecule has 0 spiro atoms. The lowest BCUT2D eigenvalue weighted by Crippen LogP contribution is -2.31. The summed E-state index contributed by atoms with van der Waals surface area (Å²) in [5.74, 6) is 0.162. The summed E-state index contributed by atoms with van der Waals surface area (Å²) in [6.07, 6.45) is 6.42. The van der Waals surface area contributed by atoms with Crippen molar-refractivity contribution in [1.29, 1.82) is 0 Å². The smallest absolute Gasteiger partial charge is 0.0729 e. The SMILES string of the molecule is C=CC(C/C=C\C)[C@@H](O)CNCC. The zero-order valence-electron chi connectivity index (χ0n) is 8.66. The number of hydrogen-bond acceptors (Lipinski definition) is 2. The lowest BCUT2D eigenvalue weighted by Gasteiger charge is -2.18. The third kappa shape index (κ3) is 5.61. The van der Waals surface area contributed by atoms with Gasteiger partial charge >= 0.3 is 0 Å². The van der Waals surface area contributed by atoms with Gasteiger partial charge in [0.1, 0.15) is 0 Å². The molecule has 0 heterocycles. The predicted octanol–water partition coefficient (Wildman–Crippen LogP) is 1.73. The van der Waals surface area contributed by atoms with Crippen molar-refractivity contribution in [2.75, 3.05) is 13.1 Å². The van der Waals surface area contributed by atoms with Gasteiger partial charge in [-0.15, -0.1) is 6.58 Å². The Morgan fingerprint density at radius 1 is 1.54 bits per heavy atom. The first-order chi connectivity index (χ1) is 6.26. The van der Waals surface area contributed by atoms with Crippen LogP contribution in [0.15, 0.2) is 24.8 Å². The molecule has 2 heteroatoms. The molecule has 0 amide bonds. The molecule has 2 N–H and O–H groups in total. The first kappa shape index (κ1) is 12.4. The molecule has 0 aromatic rings. The van der Waals surface area contributed by atoms with Crippen molar-refractivity contribution in [2.24, 2.45) is 5.92 Å². The summed E-state index contributed by atoms with van der Waals surface area (Å²) in [7, 11) is 0. The zero-order chi connectivity index (χ0) is 10.1. The highest BCUT2D eigenvalue weighted by molar-refractivity contribution is 4.92. The molecule has 2 atom stereocenters. The van der Waals surface area contributed by atoms with Crippen molar-refractivity contribution in [2.45, 2.75) is 26.4 Å². The van der Waals surface area contributed by atoms with Gasteiger partial charge in [0.25, 0.3) is 0 Å². The fourth-order valence-corrected chi connectivity index (χ4v) is 1.15. The average Bonchev–Trinajstić information content (AvgIpc) is 2.16. The van der Waals surface area contributed by atoms with E-state index < -0.39 is 0 Å². The van der Waals surface area contributed by atoms with Crippen LogP contribution in [0.25, 0.3) is 0 Å². The van der Waals surface area contributed by atoms with Crippen molar-refractivity contribution in [1.82, 2.24) is 5.32 Å². The van der Waals surface area contributed by atoms with Gasteiger partial charge in [-0.05, 0) is 19.9 Å². The summed E-state index contributed by atoms with van der Waals surface area (Å²) in [4.78, 5) is 0. The van der Waals surface area contributed by atoms with Crippen LogP contribution in [0.5, 0.6) is 0 Å².